The number of urea groups is 1. The van der Waals surface area contributed by atoms with Gasteiger partial charge in [0.15, 0.2) is 5.75 Å². The van der Waals surface area contributed by atoms with Gasteiger partial charge in [-0.15, -0.1) is 13.2 Å². The maximum Gasteiger partial charge on any atom is 0.573 e. The number of rotatable bonds is 6. The zero-order chi connectivity index (χ0) is 27.0. The van der Waals surface area contributed by atoms with Crippen molar-refractivity contribution in [3.63, 3.8) is 0 Å². The number of halogens is 3. The van der Waals surface area contributed by atoms with Crippen molar-refractivity contribution in [1.29, 1.82) is 0 Å². The number of likely N-dealkylation sites (tertiary alicyclic amines) is 1. The number of amides is 4. The lowest BCUT2D eigenvalue weighted by atomic mass is 9.97. The molecular formula is C25H28F3N5O4. The van der Waals surface area contributed by atoms with E-state index in [1.165, 1.54) is 11.0 Å². The molecule has 9 nitrogen and oxygen atoms in total. The van der Waals surface area contributed by atoms with E-state index in [0.717, 1.165) is 35.6 Å². The molecule has 1 N–H and O–H groups in total. The van der Waals surface area contributed by atoms with E-state index in [1.54, 1.807) is 38.4 Å². The number of carbonyl (C=O) groups is 3. The van der Waals surface area contributed by atoms with Crippen LogP contribution in [0, 0.1) is 5.92 Å². The van der Waals surface area contributed by atoms with Crippen molar-refractivity contribution in [2.24, 2.45) is 5.92 Å². The van der Waals surface area contributed by atoms with Gasteiger partial charge < -0.3 is 19.9 Å². The van der Waals surface area contributed by atoms with Gasteiger partial charge >= 0.3 is 12.4 Å². The first-order valence-corrected chi connectivity index (χ1v) is 11.8. The normalized spacial score (nSPS) is 20.3. The Morgan fingerprint density at radius 1 is 1.19 bits per heavy atom. The molecule has 0 spiro atoms. The van der Waals surface area contributed by atoms with Gasteiger partial charge in [0.05, 0.1) is 17.3 Å². The molecular weight excluding hydrogens is 491 g/mol. The first kappa shape index (κ1) is 26.4. The minimum absolute atomic E-state index is 0.0193. The fourth-order valence-corrected chi connectivity index (χ4v) is 4.58. The molecule has 3 heterocycles. The summed E-state index contributed by atoms with van der Waals surface area (Å²) in [5.74, 6) is -2.08. The predicted molar refractivity (Wildman–Crippen MR) is 129 cm³/mol. The third-order valence-corrected chi connectivity index (χ3v) is 6.61. The summed E-state index contributed by atoms with van der Waals surface area (Å²) in [5, 5.41) is 2.53. The summed E-state index contributed by atoms with van der Waals surface area (Å²) in [7, 11) is 1.86. The zero-order valence-corrected chi connectivity index (χ0v) is 20.7. The van der Waals surface area contributed by atoms with Crippen LogP contribution in [0.3, 0.4) is 0 Å². The van der Waals surface area contributed by atoms with Crippen molar-refractivity contribution in [1.82, 2.24) is 14.8 Å². The average Bonchev–Trinajstić information content (AvgIpc) is 2.99. The molecule has 0 aliphatic carbocycles. The van der Waals surface area contributed by atoms with Crippen LogP contribution in [0.1, 0.15) is 32.3 Å². The predicted octanol–water partition coefficient (Wildman–Crippen LogP) is 4.01. The summed E-state index contributed by atoms with van der Waals surface area (Å²) >= 11 is 0. The highest BCUT2D eigenvalue weighted by Gasteiger charge is 2.52. The van der Waals surface area contributed by atoms with Crippen molar-refractivity contribution in [3.8, 4) is 5.75 Å². The van der Waals surface area contributed by atoms with Crippen LogP contribution < -0.4 is 15.0 Å². The van der Waals surface area contributed by atoms with E-state index in [9.17, 15) is 27.6 Å². The third kappa shape index (κ3) is 5.68. The number of alkyl halides is 3. The third-order valence-electron chi connectivity index (χ3n) is 6.61. The molecule has 4 amide bonds. The fraction of sp³-hybridized carbons (Fsp3) is 0.440. The summed E-state index contributed by atoms with van der Waals surface area (Å²) in [6.45, 7) is 4.61. The van der Waals surface area contributed by atoms with E-state index in [2.05, 4.69) is 15.0 Å². The van der Waals surface area contributed by atoms with Gasteiger partial charge in [0.25, 0.3) is 5.91 Å². The van der Waals surface area contributed by atoms with Crippen molar-refractivity contribution in [3.05, 3.63) is 48.3 Å². The highest BCUT2D eigenvalue weighted by atomic mass is 19.4. The average molecular weight is 520 g/mol. The molecule has 37 heavy (non-hydrogen) atoms. The van der Waals surface area contributed by atoms with Crippen molar-refractivity contribution < 1.29 is 32.3 Å². The number of hydrogen-bond acceptors (Lipinski definition) is 6. The first-order valence-electron chi connectivity index (χ1n) is 11.8. The Morgan fingerprint density at radius 2 is 1.89 bits per heavy atom. The summed E-state index contributed by atoms with van der Waals surface area (Å²) in [4.78, 5) is 47.8. The Kier molecular flexibility index (Phi) is 7.13. The quantitative estimate of drug-likeness (QED) is 0.580. The van der Waals surface area contributed by atoms with Gasteiger partial charge in [-0.05, 0) is 76.2 Å². The van der Waals surface area contributed by atoms with Crippen molar-refractivity contribution in [2.75, 3.05) is 30.4 Å². The smallest absolute Gasteiger partial charge is 0.404 e. The summed E-state index contributed by atoms with van der Waals surface area (Å²) in [6.07, 6.45) is -0.497. The van der Waals surface area contributed by atoms with E-state index in [4.69, 9.17) is 0 Å². The first-order chi connectivity index (χ1) is 17.4. The minimum atomic E-state index is -5.01. The number of pyridine rings is 1. The maximum atomic E-state index is 13.4. The standard InChI is InChI=1S/C25H28F3N5O4/c1-24(2)22(35)33(23(36)32(24)14-16-8-10-29-11-9-16)18-6-7-20(37-25(26,27)28)19(13-18)30-21(34)17-5-4-12-31(3)15-17/h6-11,13,17H,4-5,12,14-15H2,1-3H3,(H,30,34). The number of piperidine rings is 1. The minimum Gasteiger partial charge on any atom is -0.404 e. The maximum absolute atomic E-state index is 13.4. The molecule has 1 unspecified atom stereocenters. The molecule has 2 saturated heterocycles. The fourth-order valence-electron chi connectivity index (χ4n) is 4.58. The van der Waals surface area contributed by atoms with Crippen LogP contribution in [-0.4, -0.2) is 64.7 Å². The Bertz CT molecular complexity index is 1190. The molecule has 2 fully saturated rings. The number of nitrogens with one attached hydrogen (secondary N) is 1. The second-order valence-electron chi connectivity index (χ2n) is 9.74. The topological polar surface area (TPSA) is 95.1 Å². The number of benzene rings is 1. The number of anilines is 2. The van der Waals surface area contributed by atoms with Crippen LogP contribution >= 0.6 is 0 Å². The number of hydrogen-bond donors (Lipinski definition) is 1. The largest absolute Gasteiger partial charge is 0.573 e. The summed E-state index contributed by atoms with van der Waals surface area (Å²) < 4.78 is 43.4. The Hall–Kier alpha value is -3.67. The number of carbonyl (C=O) groups excluding carboxylic acids is 3. The van der Waals surface area contributed by atoms with E-state index in [-0.39, 0.29) is 17.9 Å². The van der Waals surface area contributed by atoms with Crippen LogP contribution in [0.5, 0.6) is 5.75 Å². The van der Waals surface area contributed by atoms with Crippen molar-refractivity contribution in [2.45, 2.75) is 45.1 Å². The van der Waals surface area contributed by atoms with Gasteiger partial charge in [0.1, 0.15) is 5.54 Å². The molecule has 1 aromatic carbocycles. The molecule has 0 radical (unpaired) electrons. The number of aromatic nitrogens is 1. The highest BCUT2D eigenvalue weighted by Crippen LogP contribution is 2.38. The van der Waals surface area contributed by atoms with Crippen LogP contribution in [0.4, 0.5) is 29.3 Å². The highest BCUT2D eigenvalue weighted by molar-refractivity contribution is 6.23. The molecule has 4 rings (SSSR count). The Labute approximate surface area is 212 Å². The van der Waals surface area contributed by atoms with Gasteiger partial charge in [-0.1, -0.05) is 0 Å². The van der Waals surface area contributed by atoms with Gasteiger partial charge in [0.2, 0.25) is 5.91 Å². The lowest BCUT2D eigenvalue weighted by molar-refractivity contribution is -0.274. The molecule has 198 valence electrons. The molecule has 1 aromatic heterocycles. The molecule has 0 bridgehead atoms. The van der Waals surface area contributed by atoms with E-state index in [1.807, 2.05) is 11.9 Å². The molecule has 2 aliphatic rings. The van der Waals surface area contributed by atoms with Gasteiger partial charge in [0, 0.05) is 25.5 Å². The van der Waals surface area contributed by atoms with E-state index >= 15 is 0 Å². The molecule has 0 saturated carbocycles. The second kappa shape index (κ2) is 10.0. The number of nitrogens with zero attached hydrogens (tertiary/aromatic N) is 4. The molecule has 2 aliphatic heterocycles. The lowest BCUT2D eigenvalue weighted by Crippen LogP contribution is -2.43. The van der Waals surface area contributed by atoms with Crippen LogP contribution in [0.15, 0.2) is 42.7 Å². The van der Waals surface area contributed by atoms with Crippen LogP contribution in [0.2, 0.25) is 0 Å². The molecule has 12 heteroatoms. The molecule has 2 aromatic rings. The summed E-state index contributed by atoms with van der Waals surface area (Å²) in [5.41, 5.74) is -0.729. The monoisotopic (exact) mass is 519 g/mol. The van der Waals surface area contributed by atoms with Gasteiger partial charge in [-0.25, -0.2) is 9.69 Å². The Morgan fingerprint density at radius 3 is 2.54 bits per heavy atom. The lowest BCUT2D eigenvalue weighted by Gasteiger charge is -2.29. The zero-order valence-electron chi connectivity index (χ0n) is 20.7. The van der Waals surface area contributed by atoms with E-state index < -0.39 is 41.4 Å². The SMILES string of the molecule is CN1CCCC(C(=O)Nc2cc(N3C(=O)N(Cc4ccncc4)C(C)(C)C3=O)ccc2OC(F)(F)F)C1. The van der Waals surface area contributed by atoms with Crippen LogP contribution in [-0.2, 0) is 16.1 Å². The summed E-state index contributed by atoms with van der Waals surface area (Å²) in [6, 6.07) is 6.14. The number of ether oxygens (including phenoxy) is 1. The molecule has 1 atom stereocenters. The van der Waals surface area contributed by atoms with Gasteiger partial charge in [-0.3, -0.25) is 14.6 Å². The Balaban J connectivity index is 1.65. The second-order valence-corrected chi connectivity index (χ2v) is 9.74. The van der Waals surface area contributed by atoms with Gasteiger partial charge in [-0.2, -0.15) is 0 Å². The van der Waals surface area contributed by atoms with E-state index in [0.29, 0.717) is 13.0 Å². The van der Waals surface area contributed by atoms with Crippen LogP contribution in [0.25, 0.3) is 0 Å². The van der Waals surface area contributed by atoms with Crippen molar-refractivity contribution >= 4 is 29.2 Å². The number of imide groups is 1.